The zero-order valence-electron chi connectivity index (χ0n) is 11.3. The second-order valence-corrected chi connectivity index (χ2v) is 5.29. The molecule has 3 rings (SSSR count). The van der Waals surface area contributed by atoms with E-state index in [-0.39, 0.29) is 0 Å². The predicted molar refractivity (Wildman–Crippen MR) is 77.7 cm³/mol. The van der Waals surface area contributed by atoms with Crippen molar-refractivity contribution in [1.82, 2.24) is 0 Å². The third-order valence-corrected chi connectivity index (χ3v) is 3.89. The summed E-state index contributed by atoms with van der Waals surface area (Å²) in [6, 6.07) is 15.8. The number of rotatable bonds is 1. The average Bonchev–Trinajstić information content (AvgIpc) is 2.68. The van der Waals surface area contributed by atoms with Crippen molar-refractivity contribution in [3.8, 4) is 0 Å². The molecule has 0 radical (unpaired) electrons. The highest BCUT2D eigenvalue weighted by Gasteiger charge is 2.28. The summed E-state index contributed by atoms with van der Waals surface area (Å²) in [6.07, 6.45) is 1.14. The lowest BCUT2D eigenvalue weighted by Crippen LogP contribution is -2.25. The van der Waals surface area contributed by atoms with Crippen LogP contribution in [-0.2, 0) is 6.42 Å². The number of hydrogen-bond acceptors (Lipinski definition) is 1. The number of benzene rings is 2. The van der Waals surface area contributed by atoms with Gasteiger partial charge in [-0.15, -0.1) is 0 Å². The molecule has 0 aliphatic carbocycles. The van der Waals surface area contributed by atoms with Crippen LogP contribution in [0, 0.1) is 13.8 Å². The van der Waals surface area contributed by atoms with Crippen molar-refractivity contribution in [2.45, 2.75) is 33.2 Å². The maximum Gasteiger partial charge on any atom is 0.0476 e. The number of anilines is 2. The molecule has 18 heavy (non-hydrogen) atoms. The molecule has 1 aliphatic rings. The topological polar surface area (TPSA) is 3.24 Å². The highest BCUT2D eigenvalue weighted by Crippen LogP contribution is 2.41. The SMILES string of the molecule is Cc1ccccc1N1c2c(C)cccc2CC1C. The van der Waals surface area contributed by atoms with E-state index < -0.39 is 0 Å². The Bertz CT molecular complexity index is 586. The van der Waals surface area contributed by atoms with Gasteiger partial charge in [0.2, 0.25) is 0 Å². The molecule has 0 spiro atoms. The summed E-state index contributed by atoms with van der Waals surface area (Å²) in [5, 5.41) is 0. The fourth-order valence-electron chi connectivity index (χ4n) is 3.05. The Morgan fingerprint density at radius 3 is 2.44 bits per heavy atom. The Hall–Kier alpha value is -1.76. The summed E-state index contributed by atoms with van der Waals surface area (Å²) in [5.74, 6) is 0. The van der Waals surface area contributed by atoms with Gasteiger partial charge in [-0.1, -0.05) is 36.4 Å². The van der Waals surface area contributed by atoms with Gasteiger partial charge in [0.15, 0.2) is 0 Å². The van der Waals surface area contributed by atoms with Gasteiger partial charge in [0.05, 0.1) is 0 Å². The van der Waals surface area contributed by atoms with Crippen LogP contribution >= 0.6 is 0 Å². The van der Waals surface area contributed by atoms with Gasteiger partial charge in [-0.05, 0) is 49.9 Å². The lowest BCUT2D eigenvalue weighted by Gasteiger charge is -2.28. The van der Waals surface area contributed by atoms with Crippen molar-refractivity contribution in [3.63, 3.8) is 0 Å². The van der Waals surface area contributed by atoms with Crippen LogP contribution in [0.4, 0.5) is 11.4 Å². The van der Waals surface area contributed by atoms with Gasteiger partial charge in [0, 0.05) is 17.4 Å². The van der Waals surface area contributed by atoms with Crippen molar-refractivity contribution >= 4 is 11.4 Å². The van der Waals surface area contributed by atoms with Gasteiger partial charge >= 0.3 is 0 Å². The molecule has 0 saturated carbocycles. The molecular weight excluding hydrogens is 218 g/mol. The van der Waals surface area contributed by atoms with Crippen LogP contribution in [0.2, 0.25) is 0 Å². The lowest BCUT2D eigenvalue weighted by atomic mass is 10.1. The zero-order chi connectivity index (χ0) is 12.7. The van der Waals surface area contributed by atoms with Crippen molar-refractivity contribution in [3.05, 3.63) is 59.2 Å². The van der Waals surface area contributed by atoms with Crippen LogP contribution in [0.5, 0.6) is 0 Å². The average molecular weight is 237 g/mol. The molecule has 0 amide bonds. The molecule has 1 unspecified atom stereocenters. The van der Waals surface area contributed by atoms with E-state index in [1.54, 1.807) is 0 Å². The molecule has 2 aromatic carbocycles. The maximum atomic E-state index is 2.50. The van der Waals surface area contributed by atoms with Crippen molar-refractivity contribution in [1.29, 1.82) is 0 Å². The first-order valence-corrected chi connectivity index (χ1v) is 6.62. The lowest BCUT2D eigenvalue weighted by molar-refractivity contribution is 0.756. The van der Waals surface area contributed by atoms with Crippen LogP contribution in [0.15, 0.2) is 42.5 Å². The first-order chi connectivity index (χ1) is 8.68. The first kappa shape index (κ1) is 11.3. The molecule has 0 N–H and O–H groups in total. The largest absolute Gasteiger partial charge is 0.338 e. The highest BCUT2D eigenvalue weighted by molar-refractivity contribution is 5.75. The van der Waals surface area contributed by atoms with Gasteiger partial charge in [-0.3, -0.25) is 0 Å². The van der Waals surface area contributed by atoms with Gasteiger partial charge in [-0.2, -0.15) is 0 Å². The normalized spacial score (nSPS) is 17.9. The summed E-state index contributed by atoms with van der Waals surface area (Å²) in [5.41, 5.74) is 6.96. The summed E-state index contributed by atoms with van der Waals surface area (Å²) in [7, 11) is 0. The predicted octanol–water partition coefficient (Wildman–Crippen LogP) is 4.39. The Balaban J connectivity index is 2.18. The van der Waals surface area contributed by atoms with Crippen molar-refractivity contribution in [2.24, 2.45) is 0 Å². The summed E-state index contributed by atoms with van der Waals surface area (Å²) in [6.45, 7) is 6.71. The first-order valence-electron chi connectivity index (χ1n) is 6.62. The molecule has 2 aromatic rings. The quantitative estimate of drug-likeness (QED) is 0.711. The van der Waals surface area contributed by atoms with E-state index in [1.165, 1.54) is 28.1 Å². The molecule has 1 aliphatic heterocycles. The molecule has 0 saturated heterocycles. The molecule has 0 aromatic heterocycles. The Kier molecular flexibility index (Phi) is 2.62. The maximum absolute atomic E-state index is 2.50. The molecule has 0 fully saturated rings. The van der Waals surface area contributed by atoms with Crippen LogP contribution in [0.3, 0.4) is 0 Å². The molecular formula is C17H19N. The van der Waals surface area contributed by atoms with Gasteiger partial charge in [-0.25, -0.2) is 0 Å². The number of hydrogen-bond donors (Lipinski definition) is 0. The van der Waals surface area contributed by atoms with Crippen LogP contribution in [-0.4, -0.2) is 6.04 Å². The van der Waals surface area contributed by atoms with E-state index in [9.17, 15) is 0 Å². The summed E-state index contributed by atoms with van der Waals surface area (Å²) in [4.78, 5) is 2.50. The van der Waals surface area contributed by atoms with E-state index in [0.717, 1.165) is 6.42 Å². The molecule has 0 bridgehead atoms. The smallest absolute Gasteiger partial charge is 0.0476 e. The van der Waals surface area contributed by atoms with E-state index in [0.29, 0.717) is 6.04 Å². The summed E-state index contributed by atoms with van der Waals surface area (Å²) >= 11 is 0. The zero-order valence-corrected chi connectivity index (χ0v) is 11.3. The number of nitrogens with zero attached hydrogens (tertiary/aromatic N) is 1. The van der Waals surface area contributed by atoms with Crippen molar-refractivity contribution < 1.29 is 0 Å². The van der Waals surface area contributed by atoms with Gasteiger partial charge in [0.1, 0.15) is 0 Å². The highest BCUT2D eigenvalue weighted by atomic mass is 15.2. The second-order valence-electron chi connectivity index (χ2n) is 5.29. The number of fused-ring (bicyclic) bond motifs is 1. The molecule has 1 nitrogen and oxygen atoms in total. The standard InChI is InChI=1S/C17H19N/c1-12-7-4-5-10-16(12)18-14(3)11-15-9-6-8-13(2)17(15)18/h4-10,14H,11H2,1-3H3. The number of aryl methyl sites for hydroxylation is 2. The van der Waals surface area contributed by atoms with Crippen LogP contribution in [0.25, 0.3) is 0 Å². The monoisotopic (exact) mass is 237 g/mol. The van der Waals surface area contributed by atoms with Gasteiger partial charge < -0.3 is 4.90 Å². The molecule has 1 heterocycles. The van der Waals surface area contributed by atoms with Crippen LogP contribution < -0.4 is 4.90 Å². The Morgan fingerprint density at radius 2 is 1.67 bits per heavy atom. The molecule has 92 valence electrons. The minimum Gasteiger partial charge on any atom is -0.338 e. The second kappa shape index (κ2) is 4.16. The Morgan fingerprint density at radius 1 is 0.944 bits per heavy atom. The fourth-order valence-corrected chi connectivity index (χ4v) is 3.05. The van der Waals surface area contributed by atoms with Gasteiger partial charge in [0.25, 0.3) is 0 Å². The molecule has 1 heteroatoms. The van der Waals surface area contributed by atoms with Crippen molar-refractivity contribution in [2.75, 3.05) is 4.90 Å². The third kappa shape index (κ3) is 1.62. The molecule has 1 atom stereocenters. The number of para-hydroxylation sites is 2. The van der Waals surface area contributed by atoms with E-state index >= 15 is 0 Å². The fraction of sp³-hybridized carbons (Fsp3) is 0.294. The minimum absolute atomic E-state index is 0.544. The van der Waals surface area contributed by atoms with E-state index in [1.807, 2.05) is 0 Å². The van der Waals surface area contributed by atoms with Crippen LogP contribution in [0.1, 0.15) is 23.6 Å². The third-order valence-electron chi connectivity index (χ3n) is 3.89. The van der Waals surface area contributed by atoms with E-state index in [2.05, 4.69) is 68.1 Å². The Labute approximate surface area is 109 Å². The summed E-state index contributed by atoms with van der Waals surface area (Å²) < 4.78 is 0. The van der Waals surface area contributed by atoms with E-state index in [4.69, 9.17) is 0 Å². The minimum atomic E-state index is 0.544.